The van der Waals surface area contributed by atoms with Gasteiger partial charge in [0.2, 0.25) is 5.91 Å². The molecule has 4 heterocycles. The Morgan fingerprint density at radius 1 is 1.17 bits per heavy atom. The fourth-order valence-corrected chi connectivity index (χ4v) is 5.75. The number of carbonyl (C=O) groups excluding carboxylic acids is 3. The molecule has 0 aromatic heterocycles. The van der Waals surface area contributed by atoms with E-state index in [9.17, 15) is 19.5 Å². The second-order valence-corrected chi connectivity index (χ2v) is 9.41. The quantitative estimate of drug-likeness (QED) is 0.512. The Morgan fingerprint density at radius 2 is 1.94 bits per heavy atom. The number of esters is 1. The molecule has 0 aliphatic carbocycles. The van der Waals surface area contributed by atoms with Crippen LogP contribution in [0, 0.1) is 11.8 Å². The van der Waals surface area contributed by atoms with Crippen LogP contribution < -0.4 is 9.64 Å². The van der Waals surface area contributed by atoms with Crippen molar-refractivity contribution in [2.45, 2.75) is 43.6 Å². The summed E-state index contributed by atoms with van der Waals surface area (Å²) in [7, 11) is 1.57. The number of likely N-dealkylation sites (tertiary alicyclic amines) is 1. The number of allylic oxidation sites excluding steroid dienone is 1. The van der Waals surface area contributed by atoms with Gasteiger partial charge in [0.25, 0.3) is 5.91 Å². The first kappa shape index (κ1) is 23.6. The maximum absolute atomic E-state index is 14.1. The summed E-state index contributed by atoms with van der Waals surface area (Å²) in [6.07, 6.45) is 8.07. The maximum atomic E-state index is 14.1. The zero-order valence-corrected chi connectivity index (χ0v) is 19.8. The summed E-state index contributed by atoms with van der Waals surface area (Å²) in [5.41, 5.74) is -0.707. The number of fused-ring (bicyclic) bond motifs is 2. The highest BCUT2D eigenvalue weighted by Crippen LogP contribution is 2.53. The van der Waals surface area contributed by atoms with E-state index >= 15 is 0 Å². The standard InChI is InChI=1S/C26H30N2O7/c1-16(15-29)28-22-24(31)27(17-8-10-18(33-2)11-9-17)13-6-12-26(22)21(23(28)30)20-19(35-26)7-4-3-5-14-34-25(20)32/h4,6-12,16,19-22,29H,3,5,13-15H2,1-2H3/b7-4-/t16-,19-,20+,21+,22?,26+/m1/s1. The van der Waals surface area contributed by atoms with E-state index in [2.05, 4.69) is 0 Å². The SMILES string of the molecule is COc1ccc(N2CC=C[C@]34O[C@@H]5/C=C\CCCOC(=O)[C@@H]5[C@H]3C(=O)N([C@H](C)CO)C4C2=O)cc1. The fraction of sp³-hybridized carbons (Fsp3) is 0.500. The lowest BCUT2D eigenvalue weighted by atomic mass is 9.78. The summed E-state index contributed by atoms with van der Waals surface area (Å²) in [4.78, 5) is 44.2. The lowest BCUT2D eigenvalue weighted by Crippen LogP contribution is -2.57. The van der Waals surface area contributed by atoms with Crippen molar-refractivity contribution in [3.8, 4) is 5.75 Å². The molecule has 2 fully saturated rings. The van der Waals surface area contributed by atoms with Crippen LogP contribution >= 0.6 is 0 Å². The molecular formula is C26H30N2O7. The molecule has 186 valence electrons. The molecular weight excluding hydrogens is 452 g/mol. The third-order valence-corrected chi connectivity index (χ3v) is 7.41. The molecule has 4 aliphatic heterocycles. The first-order valence-electron chi connectivity index (χ1n) is 12.0. The molecule has 9 nitrogen and oxygen atoms in total. The molecule has 0 bridgehead atoms. The second-order valence-electron chi connectivity index (χ2n) is 9.41. The number of methoxy groups -OCH3 is 1. The topological polar surface area (TPSA) is 106 Å². The Labute approximate surface area is 203 Å². The maximum Gasteiger partial charge on any atom is 0.312 e. The van der Waals surface area contributed by atoms with Crippen LogP contribution in [0.25, 0.3) is 0 Å². The van der Waals surface area contributed by atoms with Gasteiger partial charge >= 0.3 is 5.97 Å². The molecule has 4 aliphatic rings. The Balaban J connectivity index is 1.61. The molecule has 6 atom stereocenters. The Kier molecular flexibility index (Phi) is 6.14. The van der Waals surface area contributed by atoms with Gasteiger partial charge in [-0.2, -0.15) is 0 Å². The summed E-state index contributed by atoms with van der Waals surface area (Å²) in [5.74, 6) is -2.36. The highest BCUT2D eigenvalue weighted by atomic mass is 16.6. The van der Waals surface area contributed by atoms with E-state index in [1.807, 2.05) is 18.2 Å². The third kappa shape index (κ3) is 3.65. The van der Waals surface area contributed by atoms with Crippen molar-refractivity contribution in [1.82, 2.24) is 4.90 Å². The van der Waals surface area contributed by atoms with Crippen molar-refractivity contribution in [2.75, 3.05) is 31.8 Å². The van der Waals surface area contributed by atoms with Gasteiger partial charge in [-0.05, 0) is 44.0 Å². The van der Waals surface area contributed by atoms with Gasteiger partial charge in [0.1, 0.15) is 23.3 Å². The minimum Gasteiger partial charge on any atom is -0.497 e. The number of nitrogens with zero attached hydrogens (tertiary/aromatic N) is 2. The number of hydrogen-bond donors (Lipinski definition) is 1. The molecule has 2 saturated heterocycles. The summed E-state index contributed by atoms with van der Waals surface area (Å²) in [6, 6.07) is 5.41. The van der Waals surface area contributed by atoms with Crippen LogP contribution in [0.2, 0.25) is 0 Å². The number of aliphatic hydroxyl groups excluding tert-OH is 1. The van der Waals surface area contributed by atoms with Gasteiger partial charge in [-0.25, -0.2) is 0 Å². The second kappa shape index (κ2) is 9.13. The van der Waals surface area contributed by atoms with Crippen LogP contribution in [0.3, 0.4) is 0 Å². The van der Waals surface area contributed by atoms with Gasteiger partial charge < -0.3 is 29.1 Å². The largest absolute Gasteiger partial charge is 0.497 e. The molecule has 35 heavy (non-hydrogen) atoms. The first-order valence-corrected chi connectivity index (χ1v) is 12.0. The predicted molar refractivity (Wildman–Crippen MR) is 126 cm³/mol. The molecule has 1 N–H and O–H groups in total. The molecule has 1 spiro atoms. The molecule has 0 radical (unpaired) electrons. The fourth-order valence-electron chi connectivity index (χ4n) is 5.75. The van der Waals surface area contributed by atoms with E-state index in [-0.39, 0.29) is 31.6 Å². The normalized spacial score (nSPS) is 34.1. The minimum absolute atomic E-state index is 0.264. The van der Waals surface area contributed by atoms with Gasteiger partial charge in [-0.15, -0.1) is 0 Å². The van der Waals surface area contributed by atoms with E-state index < -0.39 is 41.6 Å². The number of cyclic esters (lactones) is 1. The van der Waals surface area contributed by atoms with Crippen molar-refractivity contribution >= 4 is 23.5 Å². The molecule has 0 saturated carbocycles. The number of carbonyl (C=O) groups is 3. The van der Waals surface area contributed by atoms with E-state index in [1.165, 1.54) is 4.90 Å². The summed E-state index contributed by atoms with van der Waals surface area (Å²) < 4.78 is 17.3. The summed E-state index contributed by atoms with van der Waals surface area (Å²) in [5, 5.41) is 9.97. The number of ether oxygens (including phenoxy) is 3. The van der Waals surface area contributed by atoms with E-state index in [1.54, 1.807) is 49.3 Å². The smallest absolute Gasteiger partial charge is 0.312 e. The summed E-state index contributed by atoms with van der Waals surface area (Å²) >= 11 is 0. The highest BCUT2D eigenvalue weighted by Gasteiger charge is 2.72. The lowest BCUT2D eigenvalue weighted by Gasteiger charge is -2.37. The van der Waals surface area contributed by atoms with Crippen LogP contribution in [-0.4, -0.2) is 78.4 Å². The first-order chi connectivity index (χ1) is 16.9. The van der Waals surface area contributed by atoms with Crippen molar-refractivity contribution in [1.29, 1.82) is 0 Å². The van der Waals surface area contributed by atoms with Gasteiger partial charge in [0.05, 0.1) is 38.4 Å². The average Bonchev–Trinajstić information content (AvgIpc) is 3.28. The molecule has 2 amide bonds. The van der Waals surface area contributed by atoms with Crippen LogP contribution in [-0.2, 0) is 23.9 Å². The Bertz CT molecular complexity index is 1070. The van der Waals surface area contributed by atoms with Gasteiger partial charge in [-0.1, -0.05) is 24.3 Å². The monoisotopic (exact) mass is 482 g/mol. The number of rotatable bonds is 4. The number of anilines is 1. The van der Waals surface area contributed by atoms with Gasteiger partial charge in [0.15, 0.2) is 0 Å². The van der Waals surface area contributed by atoms with Crippen LogP contribution in [0.4, 0.5) is 5.69 Å². The molecule has 9 heteroatoms. The zero-order valence-electron chi connectivity index (χ0n) is 19.8. The molecule has 1 aromatic carbocycles. The van der Waals surface area contributed by atoms with E-state index in [0.29, 0.717) is 17.9 Å². The highest BCUT2D eigenvalue weighted by molar-refractivity contribution is 6.05. The molecule has 1 aromatic rings. The van der Waals surface area contributed by atoms with Crippen molar-refractivity contribution in [3.63, 3.8) is 0 Å². The number of hydrogen-bond acceptors (Lipinski definition) is 7. The van der Waals surface area contributed by atoms with Gasteiger partial charge in [0, 0.05) is 12.2 Å². The van der Waals surface area contributed by atoms with Crippen molar-refractivity contribution < 1.29 is 33.7 Å². The number of amides is 2. The van der Waals surface area contributed by atoms with Crippen LogP contribution in [0.1, 0.15) is 19.8 Å². The van der Waals surface area contributed by atoms with E-state index in [4.69, 9.17) is 14.2 Å². The number of aliphatic hydroxyl groups is 1. The van der Waals surface area contributed by atoms with Crippen LogP contribution in [0.5, 0.6) is 5.75 Å². The predicted octanol–water partition coefficient (Wildman–Crippen LogP) is 1.45. The zero-order chi connectivity index (χ0) is 24.7. The minimum atomic E-state index is -1.35. The Hall–Kier alpha value is -3.17. The van der Waals surface area contributed by atoms with Crippen molar-refractivity contribution in [3.05, 3.63) is 48.6 Å². The molecule has 5 rings (SSSR count). The Morgan fingerprint density at radius 3 is 2.66 bits per heavy atom. The van der Waals surface area contributed by atoms with E-state index in [0.717, 1.165) is 6.42 Å². The third-order valence-electron chi connectivity index (χ3n) is 7.41. The lowest BCUT2D eigenvalue weighted by molar-refractivity contribution is -0.155. The molecule has 1 unspecified atom stereocenters. The van der Waals surface area contributed by atoms with Gasteiger partial charge in [-0.3, -0.25) is 14.4 Å². The van der Waals surface area contributed by atoms with Crippen molar-refractivity contribution in [2.24, 2.45) is 11.8 Å². The number of benzene rings is 1. The average molecular weight is 483 g/mol. The summed E-state index contributed by atoms with van der Waals surface area (Å²) in [6.45, 7) is 1.89. The van der Waals surface area contributed by atoms with Crippen LogP contribution in [0.15, 0.2) is 48.6 Å².